The predicted molar refractivity (Wildman–Crippen MR) is 145 cm³/mol. The Morgan fingerprint density at radius 2 is 1.79 bits per heavy atom. The highest BCUT2D eigenvalue weighted by atomic mass is 35.5. The summed E-state index contributed by atoms with van der Waals surface area (Å²) in [6.07, 6.45) is 0.739. The number of benzene rings is 2. The van der Waals surface area contributed by atoms with Gasteiger partial charge in [-0.15, -0.1) is 0 Å². The number of carbonyl (C=O) groups is 2. The minimum absolute atomic E-state index is 0.156. The van der Waals surface area contributed by atoms with Crippen LogP contribution in [0.4, 0.5) is 0 Å². The molecule has 0 spiro atoms. The van der Waals surface area contributed by atoms with Gasteiger partial charge in [-0.1, -0.05) is 47.5 Å². The third-order valence-electron chi connectivity index (χ3n) is 5.31. The van der Waals surface area contributed by atoms with E-state index in [1.165, 1.54) is 19.4 Å². The first-order chi connectivity index (χ1) is 18.0. The summed E-state index contributed by atoms with van der Waals surface area (Å²) in [5, 5.41) is 14.7. The van der Waals surface area contributed by atoms with Gasteiger partial charge >= 0.3 is 11.9 Å². The standard InChI is InChI=1S/C28H30Cl2N2O6/c1-28(2,3)38-27(35)23(24(33)18-6-5-7-20(29)14-18)31-13-12-17-8-10-21(11-9-17)37-25-22(30)15-19(16-32-25)26(34)36-4/h5-11,14-16,23-24,31,33H,12-13H2,1-4H3/t23?,24-/m1/s1. The molecule has 2 aromatic carbocycles. The highest BCUT2D eigenvalue weighted by Crippen LogP contribution is 2.28. The number of carbonyl (C=O) groups excluding carboxylic acids is 2. The molecule has 0 saturated heterocycles. The number of nitrogens with zero attached hydrogens (tertiary/aromatic N) is 1. The van der Waals surface area contributed by atoms with Gasteiger partial charge in [0.1, 0.15) is 28.5 Å². The summed E-state index contributed by atoms with van der Waals surface area (Å²) >= 11 is 12.3. The van der Waals surface area contributed by atoms with Gasteiger partial charge in [-0.2, -0.15) is 0 Å². The second kappa shape index (κ2) is 13.1. The van der Waals surface area contributed by atoms with E-state index in [0.29, 0.717) is 29.3 Å². The lowest BCUT2D eigenvalue weighted by Gasteiger charge is -2.27. The lowest BCUT2D eigenvalue weighted by Crippen LogP contribution is -2.46. The molecule has 8 nitrogen and oxygen atoms in total. The molecule has 0 aliphatic rings. The number of aromatic nitrogens is 1. The van der Waals surface area contributed by atoms with Gasteiger partial charge in [0, 0.05) is 17.8 Å². The number of hydrogen-bond acceptors (Lipinski definition) is 8. The average molecular weight is 561 g/mol. The predicted octanol–water partition coefficient (Wildman–Crippen LogP) is 5.54. The Morgan fingerprint density at radius 1 is 1.08 bits per heavy atom. The summed E-state index contributed by atoms with van der Waals surface area (Å²) < 4.78 is 15.9. The maximum atomic E-state index is 12.9. The zero-order valence-corrected chi connectivity index (χ0v) is 23.0. The van der Waals surface area contributed by atoms with Crippen molar-refractivity contribution in [2.45, 2.75) is 44.9 Å². The number of ether oxygens (including phenoxy) is 3. The van der Waals surface area contributed by atoms with Crippen LogP contribution in [0.2, 0.25) is 10.0 Å². The van der Waals surface area contributed by atoms with Crippen molar-refractivity contribution in [3.63, 3.8) is 0 Å². The first kappa shape index (κ1) is 29.4. The molecule has 0 fully saturated rings. The highest BCUT2D eigenvalue weighted by molar-refractivity contribution is 6.32. The molecule has 1 aromatic heterocycles. The normalized spacial score (nSPS) is 12.9. The van der Waals surface area contributed by atoms with E-state index in [1.54, 1.807) is 57.2 Å². The van der Waals surface area contributed by atoms with Gasteiger partial charge in [-0.3, -0.25) is 4.79 Å². The molecule has 0 radical (unpaired) electrons. The lowest BCUT2D eigenvalue weighted by atomic mass is 10.0. The molecule has 10 heteroatoms. The SMILES string of the molecule is COC(=O)c1cnc(Oc2ccc(CCNC(C(=O)OC(C)(C)C)[C@H](O)c3cccc(Cl)c3)cc2)c(Cl)c1. The van der Waals surface area contributed by atoms with Crippen LogP contribution >= 0.6 is 23.2 Å². The second-order valence-electron chi connectivity index (χ2n) is 9.46. The van der Waals surface area contributed by atoms with Crippen LogP contribution in [0.25, 0.3) is 0 Å². The van der Waals surface area contributed by atoms with E-state index in [2.05, 4.69) is 15.0 Å². The van der Waals surface area contributed by atoms with Crippen LogP contribution in [0.1, 0.15) is 48.4 Å². The smallest absolute Gasteiger partial charge is 0.339 e. The van der Waals surface area contributed by atoms with Gasteiger partial charge in [0.15, 0.2) is 0 Å². The van der Waals surface area contributed by atoms with E-state index in [0.717, 1.165) is 5.56 Å². The fourth-order valence-electron chi connectivity index (χ4n) is 3.51. The van der Waals surface area contributed by atoms with Crippen LogP contribution in [0.3, 0.4) is 0 Å². The number of nitrogens with one attached hydrogen (secondary N) is 1. The number of methoxy groups -OCH3 is 1. The second-order valence-corrected chi connectivity index (χ2v) is 10.3. The quantitative estimate of drug-likeness (QED) is 0.311. The number of rotatable bonds is 10. The van der Waals surface area contributed by atoms with Gasteiger partial charge < -0.3 is 24.6 Å². The summed E-state index contributed by atoms with van der Waals surface area (Å²) in [6, 6.07) is 14.4. The van der Waals surface area contributed by atoms with Crippen molar-refractivity contribution < 1.29 is 28.9 Å². The van der Waals surface area contributed by atoms with Crippen LogP contribution < -0.4 is 10.1 Å². The van der Waals surface area contributed by atoms with Gasteiger partial charge in [-0.25, -0.2) is 9.78 Å². The van der Waals surface area contributed by atoms with Crippen LogP contribution in [-0.2, 0) is 20.7 Å². The molecule has 202 valence electrons. The monoisotopic (exact) mass is 560 g/mol. The van der Waals surface area contributed by atoms with Crippen LogP contribution in [0, 0.1) is 0 Å². The Kier molecular flexibility index (Phi) is 10.1. The third kappa shape index (κ3) is 8.43. The zero-order chi connectivity index (χ0) is 27.9. The van der Waals surface area contributed by atoms with E-state index in [1.807, 2.05) is 12.1 Å². The van der Waals surface area contributed by atoms with Crippen molar-refractivity contribution in [3.8, 4) is 11.6 Å². The number of halogens is 2. The zero-order valence-electron chi connectivity index (χ0n) is 21.5. The maximum Gasteiger partial charge on any atom is 0.339 e. The molecule has 0 saturated carbocycles. The number of hydrogen-bond donors (Lipinski definition) is 2. The first-order valence-electron chi connectivity index (χ1n) is 11.9. The van der Waals surface area contributed by atoms with E-state index in [-0.39, 0.29) is 16.5 Å². The Hall–Kier alpha value is -3.17. The Morgan fingerprint density at radius 3 is 2.39 bits per heavy atom. The largest absolute Gasteiger partial charge is 0.465 e. The number of aliphatic hydroxyl groups excluding tert-OH is 1. The molecule has 0 amide bonds. The van der Waals surface area contributed by atoms with Gasteiger partial charge in [0.2, 0.25) is 5.88 Å². The topological polar surface area (TPSA) is 107 Å². The number of aliphatic hydroxyl groups is 1. The summed E-state index contributed by atoms with van der Waals surface area (Å²) in [4.78, 5) is 28.6. The van der Waals surface area contributed by atoms with Gasteiger partial charge in [0.25, 0.3) is 0 Å². The molecule has 3 aromatic rings. The molecule has 38 heavy (non-hydrogen) atoms. The minimum Gasteiger partial charge on any atom is -0.465 e. The number of pyridine rings is 1. The van der Waals surface area contributed by atoms with Crippen molar-refractivity contribution in [2.24, 2.45) is 0 Å². The number of esters is 2. The molecule has 0 aliphatic carbocycles. The first-order valence-corrected chi connectivity index (χ1v) is 12.6. The average Bonchev–Trinajstić information content (AvgIpc) is 2.86. The fraction of sp³-hybridized carbons (Fsp3) is 0.321. The Labute approximate surface area is 231 Å². The summed E-state index contributed by atoms with van der Waals surface area (Å²) in [5.41, 5.74) is 0.982. The van der Waals surface area contributed by atoms with Crippen molar-refractivity contribution in [3.05, 3.63) is 87.5 Å². The molecular formula is C28H30Cl2N2O6. The van der Waals surface area contributed by atoms with Crippen LogP contribution in [-0.4, -0.2) is 47.3 Å². The molecule has 1 unspecified atom stereocenters. The van der Waals surface area contributed by atoms with Crippen molar-refractivity contribution in [2.75, 3.05) is 13.7 Å². The Balaban J connectivity index is 1.63. The van der Waals surface area contributed by atoms with Crippen molar-refractivity contribution in [1.29, 1.82) is 0 Å². The molecule has 0 bridgehead atoms. The molecule has 1 heterocycles. The highest BCUT2D eigenvalue weighted by Gasteiger charge is 2.32. The molecule has 2 N–H and O–H groups in total. The van der Waals surface area contributed by atoms with Crippen LogP contribution in [0.15, 0.2) is 60.8 Å². The minimum atomic E-state index is -1.15. The summed E-state index contributed by atoms with van der Waals surface area (Å²) in [5.74, 6) is -0.442. The third-order valence-corrected chi connectivity index (χ3v) is 5.82. The van der Waals surface area contributed by atoms with Crippen molar-refractivity contribution >= 4 is 35.1 Å². The van der Waals surface area contributed by atoms with E-state index < -0.39 is 29.7 Å². The maximum absolute atomic E-state index is 12.9. The molecule has 3 rings (SSSR count). The van der Waals surface area contributed by atoms with E-state index in [4.69, 9.17) is 32.7 Å². The summed E-state index contributed by atoms with van der Waals surface area (Å²) in [7, 11) is 1.27. The van der Waals surface area contributed by atoms with E-state index in [9.17, 15) is 14.7 Å². The van der Waals surface area contributed by atoms with E-state index >= 15 is 0 Å². The Bertz CT molecular complexity index is 1260. The van der Waals surface area contributed by atoms with Gasteiger partial charge in [0.05, 0.1) is 12.7 Å². The molecule has 0 aliphatic heterocycles. The molecular weight excluding hydrogens is 531 g/mol. The fourth-order valence-corrected chi connectivity index (χ4v) is 3.91. The lowest BCUT2D eigenvalue weighted by molar-refractivity contribution is -0.160. The van der Waals surface area contributed by atoms with Gasteiger partial charge in [-0.05, 0) is 68.7 Å². The van der Waals surface area contributed by atoms with Crippen LogP contribution in [0.5, 0.6) is 11.6 Å². The van der Waals surface area contributed by atoms with Crippen molar-refractivity contribution in [1.82, 2.24) is 10.3 Å². The molecule has 2 atom stereocenters. The summed E-state index contributed by atoms with van der Waals surface area (Å²) in [6.45, 7) is 5.71.